The van der Waals surface area contributed by atoms with E-state index in [1.165, 1.54) is 6.42 Å². The lowest BCUT2D eigenvalue weighted by Crippen LogP contribution is -2.53. The number of nitriles is 1. The highest BCUT2D eigenvalue weighted by Gasteiger charge is 2.41. The maximum absolute atomic E-state index is 9.31. The first-order chi connectivity index (χ1) is 6.66. The number of nitrogens with zero attached hydrogens (tertiary/aromatic N) is 1. The number of hydrogen-bond acceptors (Lipinski definition) is 2. The molecule has 0 saturated heterocycles. The fourth-order valence-corrected chi connectivity index (χ4v) is 2.37. The van der Waals surface area contributed by atoms with Gasteiger partial charge in [0.2, 0.25) is 0 Å². The van der Waals surface area contributed by atoms with Crippen LogP contribution in [0.1, 0.15) is 33.1 Å². The molecule has 0 aliphatic heterocycles. The molecular weight excluding hydrogens is 172 g/mol. The number of rotatable bonds is 3. The smallest absolute Gasteiger partial charge is 0.109 e. The third kappa shape index (κ3) is 1.99. The minimum absolute atomic E-state index is 0.314. The summed E-state index contributed by atoms with van der Waals surface area (Å²) in [5, 5.41) is 12.6. The first-order valence-electron chi connectivity index (χ1n) is 5.43. The fraction of sp³-hybridized carbons (Fsp3) is 0.750. The molecule has 1 aliphatic rings. The molecule has 2 nitrogen and oxygen atoms in total. The van der Waals surface area contributed by atoms with Crippen LogP contribution in [0.3, 0.4) is 0 Å². The van der Waals surface area contributed by atoms with E-state index in [9.17, 15) is 5.26 Å². The fourth-order valence-electron chi connectivity index (χ4n) is 2.37. The summed E-state index contributed by atoms with van der Waals surface area (Å²) in [6, 6.07) is 2.47. The average Bonchev–Trinajstić information content (AvgIpc) is 2.21. The highest BCUT2D eigenvalue weighted by Crippen LogP contribution is 2.37. The maximum Gasteiger partial charge on any atom is 0.109 e. The normalized spacial score (nSPS) is 37.5. The zero-order chi connectivity index (χ0) is 10.6. The van der Waals surface area contributed by atoms with Gasteiger partial charge in [-0.3, -0.25) is 5.32 Å². The molecule has 0 heterocycles. The molecule has 14 heavy (non-hydrogen) atoms. The molecule has 1 aliphatic carbocycles. The Kier molecular flexibility index (Phi) is 3.71. The summed E-state index contributed by atoms with van der Waals surface area (Å²) < 4.78 is 0. The van der Waals surface area contributed by atoms with Crippen molar-refractivity contribution < 1.29 is 0 Å². The van der Waals surface area contributed by atoms with E-state index in [0.29, 0.717) is 11.8 Å². The first-order valence-corrected chi connectivity index (χ1v) is 5.43. The molecule has 3 unspecified atom stereocenters. The second-order valence-electron chi connectivity index (χ2n) is 4.41. The van der Waals surface area contributed by atoms with Gasteiger partial charge in [0.15, 0.2) is 0 Å². The van der Waals surface area contributed by atoms with Gasteiger partial charge in [-0.15, -0.1) is 6.58 Å². The molecule has 3 atom stereocenters. The third-order valence-corrected chi connectivity index (χ3v) is 3.62. The van der Waals surface area contributed by atoms with Crippen molar-refractivity contribution >= 4 is 0 Å². The second-order valence-corrected chi connectivity index (χ2v) is 4.41. The van der Waals surface area contributed by atoms with Gasteiger partial charge < -0.3 is 0 Å². The number of nitrogens with one attached hydrogen (secondary N) is 1. The van der Waals surface area contributed by atoms with Gasteiger partial charge >= 0.3 is 0 Å². The molecule has 1 fully saturated rings. The van der Waals surface area contributed by atoms with Crippen molar-refractivity contribution in [2.24, 2.45) is 11.8 Å². The Morgan fingerprint density at radius 1 is 1.64 bits per heavy atom. The Labute approximate surface area is 87.0 Å². The highest BCUT2D eigenvalue weighted by atomic mass is 15.0. The summed E-state index contributed by atoms with van der Waals surface area (Å²) in [4.78, 5) is 0. The van der Waals surface area contributed by atoms with Gasteiger partial charge in [-0.25, -0.2) is 0 Å². The largest absolute Gasteiger partial charge is 0.296 e. The van der Waals surface area contributed by atoms with E-state index in [1.807, 2.05) is 6.08 Å². The van der Waals surface area contributed by atoms with E-state index in [0.717, 1.165) is 19.4 Å². The van der Waals surface area contributed by atoms with Gasteiger partial charge in [0.05, 0.1) is 6.07 Å². The summed E-state index contributed by atoms with van der Waals surface area (Å²) in [5.41, 5.74) is -0.314. The quantitative estimate of drug-likeness (QED) is 0.697. The van der Waals surface area contributed by atoms with Crippen LogP contribution >= 0.6 is 0 Å². The Bertz CT molecular complexity index is 241. The van der Waals surface area contributed by atoms with Crippen molar-refractivity contribution in [3.63, 3.8) is 0 Å². The predicted octanol–water partition coefficient (Wildman–Crippen LogP) is 2.48. The lowest BCUT2D eigenvalue weighted by Gasteiger charge is -2.41. The molecule has 78 valence electrons. The van der Waals surface area contributed by atoms with Gasteiger partial charge in [0.1, 0.15) is 5.54 Å². The number of hydrogen-bond donors (Lipinski definition) is 1. The van der Waals surface area contributed by atoms with Crippen LogP contribution in [0.5, 0.6) is 0 Å². The van der Waals surface area contributed by atoms with Crippen LogP contribution in [-0.2, 0) is 0 Å². The van der Waals surface area contributed by atoms with Crippen molar-refractivity contribution in [1.29, 1.82) is 5.26 Å². The summed E-state index contributed by atoms with van der Waals surface area (Å²) in [6.45, 7) is 8.83. The van der Waals surface area contributed by atoms with Crippen molar-refractivity contribution in [1.82, 2.24) is 5.32 Å². The Morgan fingerprint density at radius 2 is 2.36 bits per heavy atom. The van der Waals surface area contributed by atoms with E-state index in [2.05, 4.69) is 31.8 Å². The summed E-state index contributed by atoms with van der Waals surface area (Å²) in [7, 11) is 0. The van der Waals surface area contributed by atoms with Gasteiger partial charge in [-0.1, -0.05) is 32.8 Å². The molecule has 0 radical (unpaired) electrons. The second kappa shape index (κ2) is 4.61. The molecular formula is C12H20N2. The monoisotopic (exact) mass is 192 g/mol. The molecule has 2 heteroatoms. The molecule has 0 amide bonds. The van der Waals surface area contributed by atoms with E-state index in [4.69, 9.17) is 0 Å². The van der Waals surface area contributed by atoms with Crippen LogP contribution in [0, 0.1) is 23.2 Å². The molecule has 1 N–H and O–H groups in total. The molecule has 0 aromatic heterocycles. The van der Waals surface area contributed by atoms with E-state index in [1.54, 1.807) is 0 Å². The molecule has 1 saturated carbocycles. The van der Waals surface area contributed by atoms with E-state index < -0.39 is 0 Å². The van der Waals surface area contributed by atoms with Crippen molar-refractivity contribution in [3.8, 4) is 6.07 Å². The van der Waals surface area contributed by atoms with Crippen molar-refractivity contribution in [3.05, 3.63) is 12.7 Å². The van der Waals surface area contributed by atoms with E-state index in [-0.39, 0.29) is 5.54 Å². The minimum Gasteiger partial charge on any atom is -0.296 e. The van der Waals surface area contributed by atoms with Crippen LogP contribution in [0.25, 0.3) is 0 Å². The lowest BCUT2D eigenvalue weighted by molar-refractivity contribution is 0.157. The van der Waals surface area contributed by atoms with Crippen LogP contribution < -0.4 is 5.32 Å². The summed E-state index contributed by atoms with van der Waals surface area (Å²) in [6.07, 6.45) is 5.21. The van der Waals surface area contributed by atoms with Crippen LogP contribution in [0.2, 0.25) is 0 Å². The van der Waals surface area contributed by atoms with Gasteiger partial charge in [-0.2, -0.15) is 5.26 Å². The van der Waals surface area contributed by atoms with Crippen LogP contribution in [-0.4, -0.2) is 12.1 Å². The van der Waals surface area contributed by atoms with Crippen LogP contribution in [0.15, 0.2) is 12.7 Å². The Morgan fingerprint density at radius 3 is 2.93 bits per heavy atom. The van der Waals surface area contributed by atoms with Gasteiger partial charge in [0, 0.05) is 6.54 Å². The Balaban J connectivity index is 2.75. The SMILES string of the molecule is C=CCNC1(C#N)CCCC(C)C1C. The molecule has 0 aromatic rings. The predicted molar refractivity (Wildman–Crippen MR) is 58.7 cm³/mol. The summed E-state index contributed by atoms with van der Waals surface area (Å²) in [5.74, 6) is 1.07. The molecule has 0 spiro atoms. The van der Waals surface area contributed by atoms with Gasteiger partial charge in [-0.05, 0) is 18.3 Å². The molecule has 0 aromatic carbocycles. The summed E-state index contributed by atoms with van der Waals surface area (Å²) >= 11 is 0. The minimum atomic E-state index is -0.314. The lowest BCUT2D eigenvalue weighted by atomic mass is 9.69. The Hall–Kier alpha value is -0.810. The highest BCUT2D eigenvalue weighted by molar-refractivity contribution is 5.13. The maximum atomic E-state index is 9.31. The third-order valence-electron chi connectivity index (χ3n) is 3.62. The van der Waals surface area contributed by atoms with Crippen molar-refractivity contribution in [2.45, 2.75) is 38.6 Å². The average molecular weight is 192 g/mol. The zero-order valence-electron chi connectivity index (χ0n) is 9.21. The van der Waals surface area contributed by atoms with Gasteiger partial charge in [0.25, 0.3) is 0 Å². The first kappa shape index (κ1) is 11.3. The zero-order valence-corrected chi connectivity index (χ0v) is 9.21. The van der Waals surface area contributed by atoms with Crippen LogP contribution in [0.4, 0.5) is 0 Å². The standard InChI is InChI=1S/C12H20N2/c1-4-8-14-12(9-13)7-5-6-10(2)11(12)3/h4,10-11,14H,1,5-8H2,2-3H3. The molecule has 0 bridgehead atoms. The topological polar surface area (TPSA) is 35.8 Å². The van der Waals surface area contributed by atoms with E-state index >= 15 is 0 Å². The molecule has 1 rings (SSSR count). The van der Waals surface area contributed by atoms with Crippen molar-refractivity contribution in [2.75, 3.05) is 6.54 Å².